The van der Waals surface area contributed by atoms with Gasteiger partial charge in [-0.05, 0) is 12.8 Å². The third-order valence-corrected chi connectivity index (χ3v) is 3.40. The Bertz CT molecular complexity index is 368. The Kier molecular flexibility index (Phi) is 22.0. The van der Waals surface area contributed by atoms with Gasteiger partial charge in [0.25, 0.3) is 0 Å². The first-order valence-electron chi connectivity index (χ1n) is 8.67. The molecule has 1 radical (unpaired) electrons. The predicted molar refractivity (Wildman–Crippen MR) is 96.0 cm³/mol. The molecule has 0 aliphatic rings. The van der Waals surface area contributed by atoms with Crippen molar-refractivity contribution >= 4 is 5.97 Å². The van der Waals surface area contributed by atoms with Gasteiger partial charge in [0.15, 0.2) is 0 Å². The quantitative estimate of drug-likeness (QED) is 0.171. The smallest absolute Gasteiger partial charge is 0.328 e. The van der Waals surface area contributed by atoms with Crippen molar-refractivity contribution in [1.82, 2.24) is 0 Å². The monoisotopic (exact) mass is 367 g/mol. The van der Waals surface area contributed by atoms with E-state index in [1.807, 2.05) is 18.2 Å². The molecule has 0 saturated heterocycles. The molecule has 2 nitrogen and oxygen atoms in total. The van der Waals surface area contributed by atoms with Crippen LogP contribution in [-0.4, -0.2) is 11.1 Å². The summed E-state index contributed by atoms with van der Waals surface area (Å²) in [6.07, 6.45) is 27.7. The van der Waals surface area contributed by atoms with E-state index in [-0.39, 0.29) is 17.1 Å². The molecule has 23 heavy (non-hydrogen) atoms. The minimum atomic E-state index is -0.922. The molecule has 1 N–H and O–H groups in total. The van der Waals surface area contributed by atoms with Crippen LogP contribution in [0.15, 0.2) is 48.6 Å². The molecular weight excluding hydrogens is 336 g/mol. The molecule has 0 heterocycles. The maximum absolute atomic E-state index is 10.2. The molecule has 0 aliphatic heterocycles. The van der Waals surface area contributed by atoms with Crippen LogP contribution >= 0.6 is 0 Å². The number of hydrogen-bond donors (Lipinski definition) is 1. The molecule has 3 heteroatoms. The summed E-state index contributed by atoms with van der Waals surface area (Å²) in [6.45, 7) is 2.26. The van der Waals surface area contributed by atoms with Crippen LogP contribution in [0.25, 0.3) is 0 Å². The van der Waals surface area contributed by atoms with E-state index in [9.17, 15) is 4.79 Å². The van der Waals surface area contributed by atoms with Crippen LogP contribution < -0.4 is 0 Å². The number of hydrogen-bond acceptors (Lipinski definition) is 1. The Hall–Kier alpha value is -1.05. The van der Waals surface area contributed by atoms with Crippen LogP contribution in [0.5, 0.6) is 0 Å². The normalized spacial score (nSPS) is 11.9. The third-order valence-electron chi connectivity index (χ3n) is 3.40. The van der Waals surface area contributed by atoms with Crippen molar-refractivity contribution in [2.45, 2.75) is 71.1 Å². The Morgan fingerprint density at radius 1 is 0.739 bits per heavy atom. The summed E-state index contributed by atoms with van der Waals surface area (Å²) in [4.78, 5) is 10.2. The molecular formula is C20H32CuO2. The molecule has 0 atom stereocenters. The second-order valence-corrected chi connectivity index (χ2v) is 5.51. The maximum atomic E-state index is 10.2. The molecule has 135 valence electrons. The molecule has 0 bridgehead atoms. The summed E-state index contributed by atoms with van der Waals surface area (Å²) < 4.78 is 0. The Morgan fingerprint density at radius 2 is 1.22 bits per heavy atom. The molecule has 0 aliphatic carbocycles. The topological polar surface area (TPSA) is 37.3 Å². The zero-order valence-corrected chi connectivity index (χ0v) is 15.3. The van der Waals surface area contributed by atoms with E-state index in [1.165, 1.54) is 63.9 Å². The first-order chi connectivity index (χ1) is 10.8. The van der Waals surface area contributed by atoms with E-state index in [1.54, 1.807) is 6.08 Å². The van der Waals surface area contributed by atoms with Crippen LogP contribution in [0.4, 0.5) is 0 Å². The zero-order valence-electron chi connectivity index (χ0n) is 14.3. The third kappa shape index (κ3) is 23.3. The number of aliphatic carboxylic acids is 1. The van der Waals surface area contributed by atoms with E-state index in [4.69, 9.17) is 5.11 Å². The SMILES string of the molecule is CCCCCCCCCCCC=CC=CC=CC=CC(=O)O.[Cu]. The van der Waals surface area contributed by atoms with Crippen molar-refractivity contribution in [3.8, 4) is 0 Å². The fraction of sp³-hybridized carbons (Fsp3) is 0.550. The first-order valence-corrected chi connectivity index (χ1v) is 8.67. The molecule has 0 rings (SSSR count). The Balaban J connectivity index is 0. The molecule has 0 spiro atoms. The van der Waals surface area contributed by atoms with E-state index in [0.717, 1.165) is 12.5 Å². The van der Waals surface area contributed by atoms with Gasteiger partial charge in [0.2, 0.25) is 0 Å². The number of unbranched alkanes of at least 4 members (excludes halogenated alkanes) is 9. The van der Waals surface area contributed by atoms with E-state index in [0.29, 0.717) is 0 Å². The summed E-state index contributed by atoms with van der Waals surface area (Å²) in [6, 6.07) is 0. The summed E-state index contributed by atoms with van der Waals surface area (Å²) >= 11 is 0. The number of rotatable bonds is 14. The van der Waals surface area contributed by atoms with Gasteiger partial charge in [-0.2, -0.15) is 0 Å². The number of carbonyl (C=O) groups is 1. The van der Waals surface area contributed by atoms with Gasteiger partial charge in [-0.3, -0.25) is 0 Å². The fourth-order valence-electron chi connectivity index (χ4n) is 2.14. The molecule has 0 saturated carbocycles. The van der Waals surface area contributed by atoms with Gasteiger partial charge in [-0.1, -0.05) is 101 Å². The molecule has 0 fully saturated rings. The summed E-state index contributed by atoms with van der Waals surface area (Å²) in [5.41, 5.74) is 0. The fourth-order valence-corrected chi connectivity index (χ4v) is 2.14. The molecule has 0 unspecified atom stereocenters. The maximum Gasteiger partial charge on any atom is 0.328 e. The van der Waals surface area contributed by atoms with Crippen LogP contribution in [0, 0.1) is 0 Å². The van der Waals surface area contributed by atoms with Crippen LogP contribution in [0.2, 0.25) is 0 Å². The van der Waals surface area contributed by atoms with Crippen molar-refractivity contribution in [2.24, 2.45) is 0 Å². The second-order valence-electron chi connectivity index (χ2n) is 5.51. The van der Waals surface area contributed by atoms with Crippen molar-refractivity contribution in [1.29, 1.82) is 0 Å². The van der Waals surface area contributed by atoms with Crippen LogP contribution in [-0.2, 0) is 21.9 Å². The van der Waals surface area contributed by atoms with Gasteiger partial charge in [-0.25, -0.2) is 4.79 Å². The van der Waals surface area contributed by atoms with Crippen molar-refractivity contribution in [3.63, 3.8) is 0 Å². The largest absolute Gasteiger partial charge is 0.478 e. The van der Waals surface area contributed by atoms with E-state index >= 15 is 0 Å². The van der Waals surface area contributed by atoms with Gasteiger partial charge in [0, 0.05) is 23.1 Å². The molecule has 0 aromatic carbocycles. The zero-order chi connectivity index (χ0) is 16.3. The van der Waals surface area contributed by atoms with Gasteiger partial charge >= 0.3 is 5.97 Å². The Morgan fingerprint density at radius 3 is 1.78 bits per heavy atom. The Labute approximate surface area is 152 Å². The molecule has 0 amide bonds. The van der Waals surface area contributed by atoms with Gasteiger partial charge in [-0.15, -0.1) is 0 Å². The summed E-state index contributed by atoms with van der Waals surface area (Å²) in [5, 5.41) is 8.39. The van der Waals surface area contributed by atoms with Gasteiger partial charge in [0.05, 0.1) is 0 Å². The van der Waals surface area contributed by atoms with E-state index < -0.39 is 5.97 Å². The predicted octanol–water partition coefficient (Wildman–Crippen LogP) is 6.21. The van der Waals surface area contributed by atoms with Gasteiger partial charge in [0.1, 0.15) is 0 Å². The first kappa shape index (κ1) is 24.2. The average molecular weight is 368 g/mol. The number of carboxylic acids is 1. The number of allylic oxidation sites excluding steroid dienone is 7. The van der Waals surface area contributed by atoms with Crippen molar-refractivity contribution < 1.29 is 27.0 Å². The van der Waals surface area contributed by atoms with Crippen LogP contribution in [0.3, 0.4) is 0 Å². The molecule has 0 aromatic heterocycles. The van der Waals surface area contributed by atoms with E-state index in [2.05, 4.69) is 19.1 Å². The minimum Gasteiger partial charge on any atom is -0.478 e. The second kappa shape index (κ2) is 20.9. The molecule has 0 aromatic rings. The van der Waals surface area contributed by atoms with Crippen molar-refractivity contribution in [2.75, 3.05) is 0 Å². The standard InChI is InChI=1S/C20H32O2.Cu/c1-2-3-4-5-6-7-8-9-10-11-12-13-14-15-16-17-18-19-20(21)22;/h12-19H,2-11H2,1H3,(H,21,22);. The number of carboxylic acid groups (broad SMARTS) is 1. The minimum absolute atomic E-state index is 0. The summed E-state index contributed by atoms with van der Waals surface area (Å²) in [7, 11) is 0. The van der Waals surface area contributed by atoms with Crippen LogP contribution in [0.1, 0.15) is 71.1 Å². The van der Waals surface area contributed by atoms with Gasteiger partial charge < -0.3 is 5.11 Å². The van der Waals surface area contributed by atoms with Crippen molar-refractivity contribution in [3.05, 3.63) is 48.6 Å². The summed E-state index contributed by atoms with van der Waals surface area (Å²) in [5.74, 6) is -0.922. The average Bonchev–Trinajstić information content (AvgIpc) is 2.50.